The van der Waals surface area contributed by atoms with E-state index in [1.807, 2.05) is 4.90 Å². The predicted octanol–water partition coefficient (Wildman–Crippen LogP) is 1.88. The summed E-state index contributed by atoms with van der Waals surface area (Å²) >= 11 is 0. The molecule has 2 aliphatic rings. The van der Waals surface area contributed by atoms with Crippen LogP contribution in [-0.2, 0) is 4.74 Å². The number of ether oxygens (including phenoxy) is 1. The molecule has 2 aromatic rings. The molecular weight excluding hydrogens is 310 g/mol. The fourth-order valence-electron chi connectivity index (χ4n) is 3.63. The summed E-state index contributed by atoms with van der Waals surface area (Å²) in [6.45, 7) is 2.43. The molecule has 24 heavy (non-hydrogen) atoms. The third-order valence-corrected chi connectivity index (χ3v) is 4.98. The van der Waals surface area contributed by atoms with Gasteiger partial charge in [-0.25, -0.2) is 0 Å². The van der Waals surface area contributed by atoms with Crippen LogP contribution >= 0.6 is 0 Å². The van der Waals surface area contributed by atoms with Gasteiger partial charge in [-0.1, -0.05) is 0 Å². The molecule has 8 heteroatoms. The van der Waals surface area contributed by atoms with Gasteiger partial charge in [0.15, 0.2) is 5.76 Å². The third-order valence-electron chi connectivity index (χ3n) is 4.98. The number of hydrogen-bond acceptors (Lipinski definition) is 6. The van der Waals surface area contributed by atoms with Gasteiger partial charge in [0.05, 0.1) is 11.7 Å². The van der Waals surface area contributed by atoms with Crippen molar-refractivity contribution in [2.45, 2.75) is 38.2 Å². The van der Waals surface area contributed by atoms with Crippen molar-refractivity contribution in [3.05, 3.63) is 17.9 Å². The molecule has 1 unspecified atom stereocenters. The number of aromatic amines is 1. The van der Waals surface area contributed by atoms with Crippen LogP contribution in [0.25, 0.3) is 11.6 Å². The molecule has 1 atom stereocenters. The largest absolute Gasteiger partial charge is 0.460 e. The maximum Gasteiger partial charge on any atom is 0.257 e. The number of amides is 1. The van der Waals surface area contributed by atoms with Gasteiger partial charge in [-0.05, 0) is 43.2 Å². The monoisotopic (exact) mass is 331 g/mol. The smallest absolute Gasteiger partial charge is 0.257 e. The summed E-state index contributed by atoms with van der Waals surface area (Å²) < 4.78 is 11.3. The van der Waals surface area contributed by atoms with Gasteiger partial charge >= 0.3 is 0 Å². The molecule has 1 amide bonds. The summed E-state index contributed by atoms with van der Waals surface area (Å²) in [4.78, 5) is 14.5. The first-order chi connectivity index (χ1) is 11.8. The number of aromatic nitrogens is 4. The van der Waals surface area contributed by atoms with Crippen LogP contribution in [0.3, 0.4) is 0 Å². The lowest BCUT2D eigenvalue weighted by atomic mass is 9.87. The molecular formula is C16H21N5O3. The maximum atomic E-state index is 12.6. The van der Waals surface area contributed by atoms with Crippen LogP contribution in [0.4, 0.5) is 0 Å². The predicted molar refractivity (Wildman–Crippen MR) is 84.1 cm³/mol. The molecule has 4 heterocycles. The Balaban J connectivity index is 1.36. The standard InChI is InChI=1S/C16H21N5O3/c22-16(12-9-14(24-10-12)15-17-19-20-18-15)21-6-4-11(5-7-21)13-3-1-2-8-23-13/h9-11,13H,1-8H2,(H,17,18,19,20). The lowest BCUT2D eigenvalue weighted by Gasteiger charge is -2.37. The average Bonchev–Trinajstić information content (AvgIpc) is 3.33. The third kappa shape index (κ3) is 3.06. The number of H-pyrrole nitrogens is 1. The highest BCUT2D eigenvalue weighted by atomic mass is 16.5. The highest BCUT2D eigenvalue weighted by Gasteiger charge is 2.30. The molecule has 2 aromatic heterocycles. The number of furan rings is 1. The Hall–Kier alpha value is -2.22. The Labute approximate surface area is 139 Å². The fourth-order valence-corrected chi connectivity index (χ4v) is 3.63. The van der Waals surface area contributed by atoms with Crippen molar-refractivity contribution in [3.8, 4) is 11.6 Å². The maximum absolute atomic E-state index is 12.6. The molecule has 0 aliphatic carbocycles. The van der Waals surface area contributed by atoms with Gasteiger partial charge in [-0.15, -0.1) is 10.2 Å². The lowest BCUT2D eigenvalue weighted by Crippen LogP contribution is -2.42. The van der Waals surface area contributed by atoms with Crippen LogP contribution in [0, 0.1) is 5.92 Å². The molecule has 128 valence electrons. The number of rotatable bonds is 3. The fraction of sp³-hybridized carbons (Fsp3) is 0.625. The topological polar surface area (TPSA) is 97.1 Å². The minimum atomic E-state index is -0.00323. The van der Waals surface area contributed by atoms with Gasteiger partial charge in [0.25, 0.3) is 5.91 Å². The number of piperidine rings is 1. The second kappa shape index (κ2) is 6.72. The number of nitrogens with one attached hydrogen (secondary N) is 1. The first kappa shape index (κ1) is 15.3. The van der Waals surface area contributed by atoms with Crippen LogP contribution in [0.1, 0.15) is 42.5 Å². The van der Waals surface area contributed by atoms with E-state index in [2.05, 4.69) is 20.6 Å². The molecule has 8 nitrogen and oxygen atoms in total. The Morgan fingerprint density at radius 2 is 2.12 bits per heavy atom. The minimum absolute atomic E-state index is 0.00323. The van der Waals surface area contributed by atoms with Crippen LogP contribution < -0.4 is 0 Å². The van der Waals surface area contributed by atoms with Gasteiger partial charge in [-0.3, -0.25) is 4.79 Å². The van der Waals surface area contributed by atoms with Gasteiger partial charge in [0.2, 0.25) is 5.82 Å². The van der Waals surface area contributed by atoms with Crippen LogP contribution in [0.2, 0.25) is 0 Å². The number of nitrogens with zero attached hydrogens (tertiary/aromatic N) is 4. The van der Waals surface area contributed by atoms with E-state index in [1.54, 1.807) is 6.07 Å². The lowest BCUT2D eigenvalue weighted by molar-refractivity contribution is -0.0360. The number of carbonyl (C=O) groups is 1. The zero-order valence-electron chi connectivity index (χ0n) is 13.5. The molecule has 0 aromatic carbocycles. The van der Waals surface area contributed by atoms with E-state index in [1.165, 1.54) is 19.1 Å². The van der Waals surface area contributed by atoms with Crippen molar-refractivity contribution in [2.24, 2.45) is 5.92 Å². The van der Waals surface area contributed by atoms with E-state index in [0.717, 1.165) is 39.0 Å². The van der Waals surface area contributed by atoms with E-state index < -0.39 is 0 Å². The average molecular weight is 331 g/mol. The Kier molecular flexibility index (Phi) is 4.29. The molecule has 2 saturated heterocycles. The van der Waals surface area contributed by atoms with Gasteiger partial charge in [0, 0.05) is 25.8 Å². The first-order valence-corrected chi connectivity index (χ1v) is 8.54. The zero-order chi connectivity index (χ0) is 16.4. The second-order valence-corrected chi connectivity index (χ2v) is 6.47. The molecule has 1 N–H and O–H groups in total. The summed E-state index contributed by atoms with van der Waals surface area (Å²) in [6.07, 6.45) is 7.46. The van der Waals surface area contributed by atoms with Crippen LogP contribution in [-0.4, -0.2) is 57.2 Å². The van der Waals surface area contributed by atoms with Crippen molar-refractivity contribution in [2.75, 3.05) is 19.7 Å². The van der Waals surface area contributed by atoms with Crippen molar-refractivity contribution in [1.82, 2.24) is 25.5 Å². The molecule has 2 fully saturated rings. The number of hydrogen-bond donors (Lipinski definition) is 1. The van der Waals surface area contributed by atoms with Gasteiger partial charge in [-0.2, -0.15) is 5.21 Å². The summed E-state index contributed by atoms with van der Waals surface area (Å²) in [5, 5.41) is 13.6. The normalized spacial score (nSPS) is 22.7. The van der Waals surface area contributed by atoms with E-state index in [-0.39, 0.29) is 5.91 Å². The van der Waals surface area contributed by atoms with Gasteiger partial charge in [0.1, 0.15) is 6.26 Å². The highest BCUT2D eigenvalue weighted by molar-refractivity contribution is 5.94. The molecule has 0 bridgehead atoms. The summed E-state index contributed by atoms with van der Waals surface area (Å²) in [5.74, 6) is 1.37. The molecule has 0 saturated carbocycles. The van der Waals surface area contributed by atoms with Crippen molar-refractivity contribution in [1.29, 1.82) is 0 Å². The van der Waals surface area contributed by atoms with E-state index in [0.29, 0.717) is 29.2 Å². The number of carbonyl (C=O) groups excluding carboxylic acids is 1. The molecule has 2 aliphatic heterocycles. The van der Waals surface area contributed by atoms with E-state index >= 15 is 0 Å². The van der Waals surface area contributed by atoms with Crippen LogP contribution in [0.15, 0.2) is 16.7 Å². The van der Waals surface area contributed by atoms with E-state index in [9.17, 15) is 4.79 Å². The molecule has 0 spiro atoms. The van der Waals surface area contributed by atoms with E-state index in [4.69, 9.17) is 9.15 Å². The zero-order valence-corrected chi connectivity index (χ0v) is 13.5. The quantitative estimate of drug-likeness (QED) is 0.922. The minimum Gasteiger partial charge on any atom is -0.460 e. The SMILES string of the molecule is O=C(c1coc(-c2nn[nH]n2)c1)N1CCC(C2CCCCO2)CC1. The Morgan fingerprint density at radius 3 is 2.83 bits per heavy atom. The summed E-state index contributed by atoms with van der Waals surface area (Å²) in [5.41, 5.74) is 0.530. The van der Waals surface area contributed by atoms with Crippen molar-refractivity contribution >= 4 is 5.91 Å². The molecule has 4 rings (SSSR count). The highest BCUT2D eigenvalue weighted by Crippen LogP contribution is 2.29. The van der Waals surface area contributed by atoms with Gasteiger partial charge < -0.3 is 14.1 Å². The number of tetrazole rings is 1. The van der Waals surface area contributed by atoms with Crippen molar-refractivity contribution < 1.29 is 13.9 Å². The second-order valence-electron chi connectivity index (χ2n) is 6.47. The summed E-state index contributed by atoms with van der Waals surface area (Å²) in [6, 6.07) is 1.67. The Morgan fingerprint density at radius 1 is 1.25 bits per heavy atom. The Bertz CT molecular complexity index is 670. The molecule has 0 radical (unpaired) electrons. The van der Waals surface area contributed by atoms with Crippen LogP contribution in [0.5, 0.6) is 0 Å². The summed E-state index contributed by atoms with van der Waals surface area (Å²) in [7, 11) is 0. The van der Waals surface area contributed by atoms with Crippen molar-refractivity contribution in [3.63, 3.8) is 0 Å². The first-order valence-electron chi connectivity index (χ1n) is 8.54. The number of likely N-dealkylation sites (tertiary alicyclic amines) is 1.